The Bertz CT molecular complexity index is 441. The van der Waals surface area contributed by atoms with Gasteiger partial charge in [-0.2, -0.15) is 11.8 Å². The molecule has 10 nitrogen and oxygen atoms in total. The van der Waals surface area contributed by atoms with Crippen LogP contribution in [-0.2, 0) is 19.2 Å². The number of hydrogen-bond acceptors (Lipinski definition) is 7. The Morgan fingerprint density at radius 3 is 2.04 bits per heavy atom. The molecule has 0 saturated heterocycles. The van der Waals surface area contributed by atoms with Gasteiger partial charge in [-0.25, -0.2) is 0 Å². The molecule has 0 heterocycles. The number of carbonyl (C=O) groups excluding carboxylic acids is 1. The molecule has 11 heteroatoms. The summed E-state index contributed by atoms with van der Waals surface area (Å²) in [5.74, 6) is -4.01. The van der Waals surface area contributed by atoms with Crippen molar-refractivity contribution in [2.24, 2.45) is 0 Å². The minimum Gasteiger partial charge on any atom is -0.480 e. The van der Waals surface area contributed by atoms with Crippen LogP contribution in [0, 0.1) is 0 Å². The second-order valence-corrected chi connectivity index (χ2v) is 6.15. The van der Waals surface area contributed by atoms with E-state index in [1.165, 1.54) is 6.92 Å². The molecule has 24 heavy (non-hydrogen) atoms. The molecule has 0 aliphatic heterocycles. The van der Waals surface area contributed by atoms with Gasteiger partial charge in [0.1, 0.15) is 6.04 Å². The molecule has 2 unspecified atom stereocenters. The number of carbonyl (C=O) groups is 4. The van der Waals surface area contributed by atoms with Gasteiger partial charge in [-0.1, -0.05) is 0 Å². The first-order valence-corrected chi connectivity index (χ1v) is 8.21. The maximum Gasteiger partial charge on any atom is 0.320 e. The first-order chi connectivity index (χ1) is 11.1. The fourth-order valence-electron chi connectivity index (χ4n) is 1.76. The standard InChI is InChI=1S/C13H22N2O8S/c1-8(16)4-14-10(17)7-24-3-2-9(13(22)23)15(5-11(18)19)6-12(20)21/h8-9,16H,2-7H2,1H3,(H,14,17)(H,18,19)(H,20,21)(H,22,23). The Morgan fingerprint density at radius 2 is 1.62 bits per heavy atom. The van der Waals surface area contributed by atoms with Gasteiger partial charge in [0.05, 0.1) is 24.9 Å². The molecule has 0 fully saturated rings. The molecular formula is C13H22N2O8S. The van der Waals surface area contributed by atoms with Crippen molar-refractivity contribution in [2.75, 3.05) is 31.1 Å². The number of aliphatic hydroxyl groups excluding tert-OH is 1. The van der Waals surface area contributed by atoms with Crippen LogP contribution in [0.4, 0.5) is 0 Å². The number of rotatable bonds is 13. The zero-order valence-electron chi connectivity index (χ0n) is 13.2. The summed E-state index contributed by atoms with van der Waals surface area (Å²) in [6, 6.07) is -1.27. The average Bonchev–Trinajstić information content (AvgIpc) is 2.42. The molecule has 2 atom stereocenters. The van der Waals surface area contributed by atoms with Crippen molar-refractivity contribution in [1.82, 2.24) is 10.2 Å². The van der Waals surface area contributed by atoms with Crippen LogP contribution in [0.2, 0.25) is 0 Å². The predicted molar refractivity (Wildman–Crippen MR) is 84.9 cm³/mol. The highest BCUT2D eigenvalue weighted by atomic mass is 32.2. The molecule has 0 aliphatic rings. The first-order valence-electron chi connectivity index (χ1n) is 7.06. The van der Waals surface area contributed by atoms with Crippen LogP contribution >= 0.6 is 11.8 Å². The van der Waals surface area contributed by atoms with E-state index in [0.29, 0.717) is 0 Å². The van der Waals surface area contributed by atoms with Crippen LogP contribution in [0.15, 0.2) is 0 Å². The molecular weight excluding hydrogens is 344 g/mol. The maximum atomic E-state index is 11.4. The second kappa shape index (κ2) is 11.6. The minimum absolute atomic E-state index is 0.00968. The summed E-state index contributed by atoms with van der Waals surface area (Å²) in [6.07, 6.45) is -0.680. The number of hydrogen-bond donors (Lipinski definition) is 5. The Morgan fingerprint density at radius 1 is 1.08 bits per heavy atom. The summed E-state index contributed by atoms with van der Waals surface area (Å²) in [4.78, 5) is 45.1. The van der Waals surface area contributed by atoms with E-state index in [1.54, 1.807) is 0 Å². The second-order valence-electron chi connectivity index (χ2n) is 5.04. The van der Waals surface area contributed by atoms with E-state index in [9.17, 15) is 24.3 Å². The summed E-state index contributed by atoms with van der Waals surface area (Å²) in [7, 11) is 0. The number of thioether (sulfide) groups is 1. The highest BCUT2D eigenvalue weighted by Crippen LogP contribution is 2.11. The summed E-state index contributed by atoms with van der Waals surface area (Å²) in [5, 5.41) is 38.2. The number of nitrogens with zero attached hydrogens (tertiary/aromatic N) is 1. The Hall–Kier alpha value is -1.85. The van der Waals surface area contributed by atoms with Crippen molar-refractivity contribution in [3.63, 3.8) is 0 Å². The van der Waals surface area contributed by atoms with Crippen molar-refractivity contribution in [1.29, 1.82) is 0 Å². The highest BCUT2D eigenvalue weighted by molar-refractivity contribution is 7.99. The molecule has 0 radical (unpaired) electrons. The van der Waals surface area contributed by atoms with Gasteiger partial charge in [-0.3, -0.25) is 24.1 Å². The largest absolute Gasteiger partial charge is 0.480 e. The minimum atomic E-state index is -1.33. The monoisotopic (exact) mass is 366 g/mol. The van der Waals surface area contributed by atoms with Gasteiger partial charge in [0, 0.05) is 6.54 Å². The molecule has 0 saturated carbocycles. The molecule has 0 rings (SSSR count). The fourth-order valence-corrected chi connectivity index (χ4v) is 2.58. The third-order valence-corrected chi connectivity index (χ3v) is 3.76. The quantitative estimate of drug-likeness (QED) is 0.243. The summed E-state index contributed by atoms with van der Waals surface area (Å²) in [5.41, 5.74) is 0. The maximum absolute atomic E-state index is 11.4. The Balaban J connectivity index is 4.45. The van der Waals surface area contributed by atoms with E-state index in [4.69, 9.17) is 15.3 Å². The van der Waals surface area contributed by atoms with Gasteiger partial charge in [-0.15, -0.1) is 0 Å². The Labute approximate surface area is 142 Å². The molecule has 0 aliphatic carbocycles. The topological polar surface area (TPSA) is 164 Å². The lowest BCUT2D eigenvalue weighted by atomic mass is 10.2. The number of aliphatic hydroxyl groups is 1. The van der Waals surface area contributed by atoms with Gasteiger partial charge in [0.2, 0.25) is 5.91 Å². The SMILES string of the molecule is CC(O)CNC(=O)CSCCC(C(=O)O)N(CC(=O)O)CC(=O)O. The van der Waals surface area contributed by atoms with Gasteiger partial charge in [0.15, 0.2) is 0 Å². The van der Waals surface area contributed by atoms with E-state index in [2.05, 4.69) is 5.32 Å². The lowest BCUT2D eigenvalue weighted by Gasteiger charge is -2.25. The molecule has 5 N–H and O–H groups in total. The van der Waals surface area contributed by atoms with E-state index < -0.39 is 43.1 Å². The van der Waals surface area contributed by atoms with Crippen molar-refractivity contribution in [3.05, 3.63) is 0 Å². The number of nitrogens with one attached hydrogen (secondary N) is 1. The van der Waals surface area contributed by atoms with Crippen molar-refractivity contribution >= 4 is 35.6 Å². The number of carboxylic acids is 3. The van der Waals surface area contributed by atoms with Crippen molar-refractivity contribution in [2.45, 2.75) is 25.5 Å². The third kappa shape index (κ3) is 10.8. The third-order valence-electron chi connectivity index (χ3n) is 2.77. The molecule has 0 aromatic carbocycles. The number of carboxylic acid groups (broad SMARTS) is 3. The lowest BCUT2D eigenvalue weighted by molar-refractivity contribution is -0.149. The predicted octanol–water partition coefficient (Wildman–Crippen LogP) is -1.47. The van der Waals surface area contributed by atoms with Gasteiger partial charge in [-0.05, 0) is 19.1 Å². The van der Waals surface area contributed by atoms with Crippen LogP contribution in [0.3, 0.4) is 0 Å². The van der Waals surface area contributed by atoms with Gasteiger partial charge >= 0.3 is 17.9 Å². The van der Waals surface area contributed by atoms with Gasteiger partial charge < -0.3 is 25.7 Å². The summed E-state index contributed by atoms with van der Waals surface area (Å²) < 4.78 is 0. The van der Waals surface area contributed by atoms with Crippen LogP contribution in [0.1, 0.15) is 13.3 Å². The number of amides is 1. The molecule has 0 aromatic heterocycles. The molecule has 138 valence electrons. The lowest BCUT2D eigenvalue weighted by Crippen LogP contribution is -2.46. The van der Waals surface area contributed by atoms with Crippen LogP contribution in [0.25, 0.3) is 0 Å². The first kappa shape index (κ1) is 22.1. The van der Waals surface area contributed by atoms with E-state index >= 15 is 0 Å². The highest BCUT2D eigenvalue weighted by Gasteiger charge is 2.28. The smallest absolute Gasteiger partial charge is 0.320 e. The summed E-state index contributed by atoms with van der Waals surface area (Å²) >= 11 is 1.14. The van der Waals surface area contributed by atoms with Crippen molar-refractivity contribution in [3.8, 4) is 0 Å². The van der Waals surface area contributed by atoms with Crippen LogP contribution < -0.4 is 5.32 Å². The average molecular weight is 366 g/mol. The van der Waals surface area contributed by atoms with Crippen molar-refractivity contribution < 1.29 is 39.6 Å². The van der Waals surface area contributed by atoms with Crippen LogP contribution in [-0.4, -0.2) is 92.4 Å². The summed E-state index contributed by atoms with van der Waals surface area (Å²) in [6.45, 7) is 0.220. The number of aliphatic carboxylic acids is 3. The molecule has 0 aromatic rings. The zero-order valence-corrected chi connectivity index (χ0v) is 14.0. The van der Waals surface area contributed by atoms with E-state index in [0.717, 1.165) is 16.7 Å². The van der Waals surface area contributed by atoms with Crippen LogP contribution in [0.5, 0.6) is 0 Å². The van der Waals surface area contributed by atoms with Gasteiger partial charge in [0.25, 0.3) is 0 Å². The van der Waals surface area contributed by atoms with E-state index in [1.807, 2.05) is 0 Å². The molecule has 0 bridgehead atoms. The Kier molecular flexibility index (Phi) is 10.8. The molecule has 0 spiro atoms. The molecule has 1 amide bonds. The normalized spacial score (nSPS) is 13.3. The zero-order chi connectivity index (χ0) is 18.7. The fraction of sp³-hybridized carbons (Fsp3) is 0.692. The van der Waals surface area contributed by atoms with E-state index in [-0.39, 0.29) is 30.4 Å².